The summed E-state index contributed by atoms with van der Waals surface area (Å²) in [5.74, 6) is 1.62. The van der Waals surface area contributed by atoms with Gasteiger partial charge >= 0.3 is 11.6 Å². The van der Waals surface area contributed by atoms with Crippen molar-refractivity contribution in [2.45, 2.75) is 19.8 Å². The van der Waals surface area contributed by atoms with E-state index in [1.165, 1.54) is 20.5 Å². The maximum Gasteiger partial charge on any atom is 0.373 e. The van der Waals surface area contributed by atoms with Crippen molar-refractivity contribution in [3.8, 4) is 23.1 Å². The highest BCUT2D eigenvalue weighted by Crippen LogP contribution is 2.38. The Kier molecular flexibility index (Phi) is 6.31. The first kappa shape index (κ1) is 20.8. The summed E-state index contributed by atoms with van der Waals surface area (Å²) in [4.78, 5) is 19.2. The van der Waals surface area contributed by atoms with Gasteiger partial charge in [-0.2, -0.15) is 4.98 Å². The van der Waals surface area contributed by atoms with Gasteiger partial charge in [0.2, 0.25) is 5.82 Å². The van der Waals surface area contributed by atoms with E-state index in [4.69, 9.17) is 14.2 Å². The first-order valence-electron chi connectivity index (χ1n) is 9.19. The Balaban J connectivity index is 1.96. The number of nitrogens with zero attached hydrogens (tertiary/aromatic N) is 3. The van der Waals surface area contributed by atoms with Crippen molar-refractivity contribution in [3.05, 3.63) is 64.5 Å². The predicted molar refractivity (Wildman–Crippen MR) is 112 cm³/mol. The van der Waals surface area contributed by atoms with E-state index in [1.807, 2.05) is 12.1 Å². The molecule has 1 N–H and O–H groups in total. The third-order valence-electron chi connectivity index (χ3n) is 4.39. The topological polar surface area (TPSA) is 109 Å². The minimum atomic E-state index is -0.590. The molecule has 0 aliphatic carbocycles. The number of benzene rings is 2. The molecule has 3 aromatic rings. The molecule has 30 heavy (non-hydrogen) atoms. The highest BCUT2D eigenvalue weighted by Gasteiger charge is 2.26. The maximum absolute atomic E-state index is 11.8. The Morgan fingerprint density at radius 3 is 2.30 bits per heavy atom. The number of hydrogen-bond acceptors (Lipinski definition) is 8. The molecular formula is C21H22N4O5. The molecule has 1 aromatic heterocycles. The molecule has 0 amide bonds. The molecule has 0 spiro atoms. The number of nitro groups is 1. The Labute approximate surface area is 173 Å². The van der Waals surface area contributed by atoms with Crippen molar-refractivity contribution in [1.29, 1.82) is 0 Å². The van der Waals surface area contributed by atoms with Crippen molar-refractivity contribution >= 4 is 17.2 Å². The average Bonchev–Trinajstić information content (AvgIpc) is 2.74. The zero-order chi connectivity index (χ0) is 21.7. The summed E-state index contributed by atoms with van der Waals surface area (Å²) < 4.78 is 16.2. The lowest BCUT2D eigenvalue weighted by molar-refractivity contribution is -0.385. The van der Waals surface area contributed by atoms with E-state index in [-0.39, 0.29) is 11.7 Å². The molecule has 1 heterocycles. The smallest absolute Gasteiger partial charge is 0.373 e. The molecule has 0 unspecified atom stereocenters. The summed E-state index contributed by atoms with van der Waals surface area (Å²) >= 11 is 0. The van der Waals surface area contributed by atoms with Crippen LogP contribution in [0.4, 0.5) is 17.2 Å². The van der Waals surface area contributed by atoms with Crippen LogP contribution in [0.1, 0.15) is 25.3 Å². The van der Waals surface area contributed by atoms with E-state index in [0.29, 0.717) is 28.9 Å². The molecule has 2 aromatic carbocycles. The summed E-state index contributed by atoms with van der Waals surface area (Å²) in [5.41, 5.74) is 1.19. The highest BCUT2D eigenvalue weighted by molar-refractivity contribution is 5.73. The van der Waals surface area contributed by atoms with Crippen molar-refractivity contribution < 1.29 is 19.1 Å². The van der Waals surface area contributed by atoms with Crippen LogP contribution in [-0.4, -0.2) is 29.1 Å². The number of aromatic nitrogens is 2. The van der Waals surface area contributed by atoms with E-state index in [2.05, 4.69) is 29.1 Å². The van der Waals surface area contributed by atoms with Crippen molar-refractivity contribution in [2.75, 3.05) is 19.5 Å². The van der Waals surface area contributed by atoms with Crippen molar-refractivity contribution in [1.82, 2.24) is 9.97 Å². The van der Waals surface area contributed by atoms with Gasteiger partial charge in [-0.3, -0.25) is 10.1 Å². The lowest BCUT2D eigenvalue weighted by Crippen LogP contribution is -2.04. The molecule has 0 fully saturated rings. The van der Waals surface area contributed by atoms with Gasteiger partial charge in [0.25, 0.3) is 0 Å². The molecular weight excluding hydrogens is 388 g/mol. The summed E-state index contributed by atoms with van der Waals surface area (Å²) in [7, 11) is 3.02. The monoisotopic (exact) mass is 410 g/mol. The second-order valence-corrected chi connectivity index (χ2v) is 6.65. The molecule has 0 atom stereocenters. The van der Waals surface area contributed by atoms with Gasteiger partial charge in [-0.15, -0.1) is 0 Å². The van der Waals surface area contributed by atoms with Gasteiger partial charge in [-0.25, -0.2) is 4.98 Å². The molecule has 0 bridgehead atoms. The van der Waals surface area contributed by atoms with Gasteiger partial charge in [0.05, 0.1) is 24.8 Å². The van der Waals surface area contributed by atoms with Crippen LogP contribution in [0.5, 0.6) is 23.1 Å². The maximum atomic E-state index is 11.8. The zero-order valence-corrected chi connectivity index (χ0v) is 17.1. The third-order valence-corrected chi connectivity index (χ3v) is 4.39. The molecule has 3 rings (SSSR count). The number of anilines is 2. The number of rotatable bonds is 8. The normalized spacial score (nSPS) is 10.6. The van der Waals surface area contributed by atoms with Gasteiger partial charge in [-0.05, 0) is 35.7 Å². The molecule has 9 heteroatoms. The van der Waals surface area contributed by atoms with Crippen LogP contribution < -0.4 is 19.5 Å². The largest absolute Gasteiger partial charge is 0.497 e. The van der Waals surface area contributed by atoms with E-state index in [1.54, 1.807) is 30.3 Å². The highest BCUT2D eigenvalue weighted by atomic mass is 16.6. The fourth-order valence-electron chi connectivity index (χ4n) is 2.77. The fourth-order valence-corrected chi connectivity index (χ4v) is 2.77. The second kappa shape index (κ2) is 9.08. The standard InChI is InChI=1S/C21H22N4O5/c1-13(2)14-5-7-15(8-6-14)30-21-19(25(26)27)20(22-12-23-21)24-17-11-16(28-3)9-10-18(17)29-4/h5-13H,1-4H3,(H,22,23,24). The number of methoxy groups -OCH3 is 2. The van der Waals surface area contributed by atoms with E-state index in [0.717, 1.165) is 5.56 Å². The fraction of sp³-hybridized carbons (Fsp3) is 0.238. The van der Waals surface area contributed by atoms with E-state index >= 15 is 0 Å². The first-order valence-corrected chi connectivity index (χ1v) is 9.19. The predicted octanol–water partition coefficient (Wildman–Crippen LogP) is 5.06. The molecule has 156 valence electrons. The van der Waals surface area contributed by atoms with Crippen molar-refractivity contribution in [3.63, 3.8) is 0 Å². The van der Waals surface area contributed by atoms with Gasteiger partial charge in [0.1, 0.15) is 23.6 Å². The zero-order valence-electron chi connectivity index (χ0n) is 17.1. The molecule has 0 saturated carbocycles. The van der Waals surface area contributed by atoms with Crippen molar-refractivity contribution in [2.24, 2.45) is 0 Å². The Morgan fingerprint density at radius 2 is 1.70 bits per heavy atom. The third kappa shape index (κ3) is 4.57. The number of ether oxygens (including phenoxy) is 3. The lowest BCUT2D eigenvalue weighted by atomic mass is 10.0. The summed E-state index contributed by atoms with van der Waals surface area (Å²) in [5, 5.41) is 14.7. The van der Waals surface area contributed by atoms with Crippen LogP contribution in [0, 0.1) is 10.1 Å². The van der Waals surface area contributed by atoms with Gasteiger partial charge in [-0.1, -0.05) is 26.0 Å². The minimum absolute atomic E-state index is 0.0321. The molecule has 0 radical (unpaired) electrons. The Morgan fingerprint density at radius 1 is 1.00 bits per heavy atom. The average molecular weight is 410 g/mol. The minimum Gasteiger partial charge on any atom is -0.497 e. The summed E-state index contributed by atoms with van der Waals surface area (Å²) in [6.45, 7) is 4.16. The van der Waals surface area contributed by atoms with Gasteiger partial charge in [0.15, 0.2) is 0 Å². The molecule has 9 nitrogen and oxygen atoms in total. The van der Waals surface area contributed by atoms with Crippen LogP contribution in [0.25, 0.3) is 0 Å². The first-order chi connectivity index (χ1) is 14.4. The Hall–Kier alpha value is -3.88. The molecule has 0 aliphatic heterocycles. The number of hydrogen-bond donors (Lipinski definition) is 1. The quantitative estimate of drug-likeness (QED) is 0.405. The van der Waals surface area contributed by atoms with Gasteiger partial charge in [0, 0.05) is 6.07 Å². The van der Waals surface area contributed by atoms with E-state index < -0.39 is 10.6 Å². The SMILES string of the molecule is COc1ccc(OC)c(Nc2ncnc(Oc3ccc(C(C)C)cc3)c2[N+](=O)[O-])c1. The van der Waals surface area contributed by atoms with Gasteiger partial charge < -0.3 is 19.5 Å². The van der Waals surface area contributed by atoms with Crippen LogP contribution in [-0.2, 0) is 0 Å². The second-order valence-electron chi connectivity index (χ2n) is 6.65. The van der Waals surface area contributed by atoms with Crippen LogP contribution in [0.15, 0.2) is 48.8 Å². The molecule has 0 saturated heterocycles. The summed E-state index contributed by atoms with van der Waals surface area (Å²) in [6.07, 6.45) is 1.19. The lowest BCUT2D eigenvalue weighted by Gasteiger charge is -2.13. The molecule has 0 aliphatic rings. The Bertz CT molecular complexity index is 1040. The van der Waals surface area contributed by atoms with Crippen LogP contribution in [0.2, 0.25) is 0 Å². The van der Waals surface area contributed by atoms with Crippen LogP contribution >= 0.6 is 0 Å². The van der Waals surface area contributed by atoms with E-state index in [9.17, 15) is 10.1 Å². The number of nitrogens with one attached hydrogen (secondary N) is 1. The van der Waals surface area contributed by atoms with Crippen LogP contribution in [0.3, 0.4) is 0 Å². The summed E-state index contributed by atoms with van der Waals surface area (Å²) in [6, 6.07) is 12.4.